The lowest BCUT2D eigenvalue weighted by atomic mass is 10.2. The average molecular weight is 270 g/mol. The van der Waals surface area contributed by atoms with E-state index in [0.717, 1.165) is 17.8 Å². The van der Waals surface area contributed by atoms with Gasteiger partial charge in [-0.2, -0.15) is 0 Å². The number of aromatic nitrogens is 2. The first-order valence-corrected chi connectivity index (χ1v) is 6.09. The first kappa shape index (κ1) is 12.3. The molecule has 0 aliphatic heterocycles. The standard InChI is InChI=1S/C15H11FN2O2/c16-12-6-7-15(19)18(9-12)10-13-8-14(20-17-13)11-4-2-1-3-5-11/h1-9H,10H2. The van der Waals surface area contributed by atoms with Gasteiger partial charge in [0.2, 0.25) is 0 Å². The van der Waals surface area contributed by atoms with E-state index in [1.165, 1.54) is 10.6 Å². The molecule has 4 nitrogen and oxygen atoms in total. The van der Waals surface area contributed by atoms with E-state index in [1.807, 2.05) is 30.3 Å². The fourth-order valence-corrected chi connectivity index (χ4v) is 1.93. The highest BCUT2D eigenvalue weighted by atomic mass is 19.1. The molecule has 3 rings (SSSR count). The van der Waals surface area contributed by atoms with Gasteiger partial charge in [-0.05, 0) is 6.07 Å². The highest BCUT2D eigenvalue weighted by Gasteiger charge is 2.08. The van der Waals surface area contributed by atoms with E-state index in [-0.39, 0.29) is 12.1 Å². The second-order valence-electron chi connectivity index (χ2n) is 4.36. The molecule has 2 heterocycles. The lowest BCUT2D eigenvalue weighted by Crippen LogP contribution is -2.19. The Labute approximate surface area is 114 Å². The van der Waals surface area contributed by atoms with Gasteiger partial charge in [-0.15, -0.1) is 0 Å². The predicted molar refractivity (Wildman–Crippen MR) is 71.7 cm³/mol. The zero-order valence-electron chi connectivity index (χ0n) is 10.5. The van der Waals surface area contributed by atoms with Crippen molar-refractivity contribution in [3.8, 4) is 11.3 Å². The zero-order valence-corrected chi connectivity index (χ0v) is 10.5. The van der Waals surface area contributed by atoms with Crippen LogP contribution in [0, 0.1) is 5.82 Å². The van der Waals surface area contributed by atoms with Crippen LogP contribution in [0.25, 0.3) is 11.3 Å². The average Bonchev–Trinajstić information content (AvgIpc) is 2.92. The zero-order chi connectivity index (χ0) is 13.9. The molecule has 20 heavy (non-hydrogen) atoms. The van der Waals surface area contributed by atoms with E-state index < -0.39 is 5.82 Å². The minimum atomic E-state index is -0.462. The van der Waals surface area contributed by atoms with Crippen LogP contribution in [-0.4, -0.2) is 9.72 Å². The van der Waals surface area contributed by atoms with Crippen molar-refractivity contribution in [2.24, 2.45) is 0 Å². The number of hydrogen-bond acceptors (Lipinski definition) is 3. The van der Waals surface area contributed by atoms with Crippen molar-refractivity contribution in [2.75, 3.05) is 0 Å². The molecule has 0 N–H and O–H groups in total. The summed E-state index contributed by atoms with van der Waals surface area (Å²) in [4.78, 5) is 11.6. The summed E-state index contributed by atoms with van der Waals surface area (Å²) in [5, 5.41) is 3.90. The molecule has 3 aromatic rings. The van der Waals surface area contributed by atoms with Gasteiger partial charge in [0, 0.05) is 23.9 Å². The predicted octanol–water partition coefficient (Wildman–Crippen LogP) is 2.69. The first-order chi connectivity index (χ1) is 9.72. The second kappa shape index (κ2) is 5.13. The van der Waals surface area contributed by atoms with Crippen molar-refractivity contribution in [3.63, 3.8) is 0 Å². The maximum atomic E-state index is 13.1. The van der Waals surface area contributed by atoms with Gasteiger partial charge in [0.25, 0.3) is 5.56 Å². The number of hydrogen-bond donors (Lipinski definition) is 0. The highest BCUT2D eigenvalue weighted by Crippen LogP contribution is 2.19. The summed E-state index contributed by atoms with van der Waals surface area (Å²) in [6, 6.07) is 13.6. The molecule has 0 radical (unpaired) electrons. The van der Waals surface area contributed by atoms with Gasteiger partial charge in [-0.1, -0.05) is 35.5 Å². The van der Waals surface area contributed by atoms with Crippen molar-refractivity contribution >= 4 is 0 Å². The van der Waals surface area contributed by atoms with Gasteiger partial charge in [0.05, 0.1) is 6.54 Å². The van der Waals surface area contributed by atoms with Crippen LogP contribution >= 0.6 is 0 Å². The number of rotatable bonds is 3. The molecule has 0 aliphatic rings. The molecule has 0 fully saturated rings. The maximum Gasteiger partial charge on any atom is 0.251 e. The quantitative estimate of drug-likeness (QED) is 0.735. The van der Waals surface area contributed by atoms with Gasteiger partial charge < -0.3 is 9.09 Å². The number of halogens is 1. The first-order valence-electron chi connectivity index (χ1n) is 6.09. The normalized spacial score (nSPS) is 10.7. The van der Waals surface area contributed by atoms with Crippen molar-refractivity contribution in [3.05, 3.63) is 76.6 Å². The lowest BCUT2D eigenvalue weighted by Gasteiger charge is -2.01. The minimum absolute atomic E-state index is 0.174. The Morgan fingerprint density at radius 1 is 1.15 bits per heavy atom. The Kier molecular flexibility index (Phi) is 3.16. The molecule has 0 saturated carbocycles. The summed E-state index contributed by atoms with van der Waals surface area (Å²) in [7, 11) is 0. The fraction of sp³-hybridized carbons (Fsp3) is 0.0667. The fourth-order valence-electron chi connectivity index (χ4n) is 1.93. The Balaban J connectivity index is 1.88. The molecule has 0 saturated heterocycles. The van der Waals surface area contributed by atoms with Crippen LogP contribution < -0.4 is 5.56 Å². The largest absolute Gasteiger partial charge is 0.356 e. The van der Waals surface area contributed by atoms with Gasteiger partial charge in [0.1, 0.15) is 11.5 Å². The third-order valence-electron chi connectivity index (χ3n) is 2.90. The summed E-state index contributed by atoms with van der Waals surface area (Å²) >= 11 is 0. The maximum absolute atomic E-state index is 13.1. The Morgan fingerprint density at radius 2 is 1.95 bits per heavy atom. The Hall–Kier alpha value is -2.69. The summed E-state index contributed by atoms with van der Waals surface area (Å²) in [5.74, 6) is 0.154. The summed E-state index contributed by atoms with van der Waals surface area (Å²) in [5.41, 5.74) is 1.19. The van der Waals surface area contributed by atoms with Crippen LogP contribution in [0.1, 0.15) is 5.69 Å². The van der Waals surface area contributed by atoms with Gasteiger partial charge in [0.15, 0.2) is 5.76 Å². The summed E-state index contributed by atoms with van der Waals surface area (Å²) in [6.07, 6.45) is 1.15. The number of benzene rings is 1. The van der Waals surface area contributed by atoms with Crippen LogP contribution in [-0.2, 0) is 6.54 Å². The molecular weight excluding hydrogens is 259 g/mol. The Bertz CT molecular complexity index is 778. The van der Waals surface area contributed by atoms with Gasteiger partial charge in [-0.3, -0.25) is 4.79 Å². The molecule has 1 aromatic carbocycles. The van der Waals surface area contributed by atoms with E-state index >= 15 is 0 Å². The monoisotopic (exact) mass is 270 g/mol. The summed E-state index contributed by atoms with van der Waals surface area (Å²) < 4.78 is 19.6. The number of pyridine rings is 1. The van der Waals surface area contributed by atoms with E-state index in [1.54, 1.807) is 6.07 Å². The van der Waals surface area contributed by atoms with Crippen LogP contribution in [0.4, 0.5) is 4.39 Å². The molecule has 0 unspecified atom stereocenters. The van der Waals surface area contributed by atoms with E-state index in [2.05, 4.69) is 5.16 Å². The van der Waals surface area contributed by atoms with Crippen molar-refractivity contribution in [1.29, 1.82) is 0 Å². The van der Waals surface area contributed by atoms with E-state index in [4.69, 9.17) is 4.52 Å². The molecule has 0 spiro atoms. The van der Waals surface area contributed by atoms with E-state index in [9.17, 15) is 9.18 Å². The molecule has 2 aromatic heterocycles. The van der Waals surface area contributed by atoms with Crippen molar-refractivity contribution in [2.45, 2.75) is 6.54 Å². The minimum Gasteiger partial charge on any atom is -0.356 e. The SMILES string of the molecule is O=c1ccc(F)cn1Cc1cc(-c2ccccc2)on1. The molecule has 0 amide bonds. The van der Waals surface area contributed by atoms with Crippen LogP contribution in [0.5, 0.6) is 0 Å². The molecule has 100 valence electrons. The van der Waals surface area contributed by atoms with Crippen LogP contribution in [0.2, 0.25) is 0 Å². The smallest absolute Gasteiger partial charge is 0.251 e. The van der Waals surface area contributed by atoms with E-state index in [0.29, 0.717) is 11.5 Å². The van der Waals surface area contributed by atoms with Gasteiger partial charge in [-0.25, -0.2) is 4.39 Å². The Morgan fingerprint density at radius 3 is 2.75 bits per heavy atom. The van der Waals surface area contributed by atoms with Crippen LogP contribution in [0.15, 0.2) is 64.0 Å². The van der Waals surface area contributed by atoms with Crippen LogP contribution in [0.3, 0.4) is 0 Å². The highest BCUT2D eigenvalue weighted by molar-refractivity contribution is 5.56. The number of nitrogens with zero attached hydrogens (tertiary/aromatic N) is 2. The summed E-state index contributed by atoms with van der Waals surface area (Å²) in [6.45, 7) is 0.174. The molecular formula is C15H11FN2O2. The molecule has 0 bridgehead atoms. The van der Waals surface area contributed by atoms with Crippen molar-refractivity contribution in [1.82, 2.24) is 9.72 Å². The van der Waals surface area contributed by atoms with Crippen molar-refractivity contribution < 1.29 is 8.91 Å². The molecule has 0 aliphatic carbocycles. The third kappa shape index (κ3) is 2.51. The topological polar surface area (TPSA) is 48.0 Å². The second-order valence-corrected chi connectivity index (χ2v) is 4.36. The molecule has 0 atom stereocenters. The third-order valence-corrected chi connectivity index (χ3v) is 2.90. The molecule has 5 heteroatoms. The lowest BCUT2D eigenvalue weighted by molar-refractivity contribution is 0.420. The van der Waals surface area contributed by atoms with Gasteiger partial charge >= 0.3 is 0 Å².